The number of terminal acetylenes is 1. The first kappa shape index (κ1) is 17.4. The number of aromatic nitrogens is 2. The third-order valence-electron chi connectivity index (χ3n) is 4.10. The van der Waals surface area contributed by atoms with Gasteiger partial charge in [-0.15, -0.1) is 19.6 Å². The van der Waals surface area contributed by atoms with Crippen LogP contribution in [-0.2, 0) is 11.3 Å². The standard InChI is InChI=1S/C18H17F3N2O2/c1-2-13-3-4-17(25-18(19,20)21)16(9-13)15-10-22-23(12-15)11-14-5-7-24-8-6-14/h1,3-4,9-10,12,14H,5-8,11H2. The molecule has 0 unspecified atom stereocenters. The van der Waals surface area contributed by atoms with Crippen molar-refractivity contribution in [1.82, 2.24) is 9.78 Å². The minimum Gasteiger partial charge on any atom is -0.405 e. The van der Waals surface area contributed by atoms with Gasteiger partial charge in [-0.25, -0.2) is 0 Å². The summed E-state index contributed by atoms with van der Waals surface area (Å²) >= 11 is 0. The first-order chi connectivity index (χ1) is 11.9. The first-order valence-corrected chi connectivity index (χ1v) is 7.91. The van der Waals surface area contributed by atoms with Crippen LogP contribution in [0.5, 0.6) is 5.75 Å². The maximum Gasteiger partial charge on any atom is 0.573 e. The summed E-state index contributed by atoms with van der Waals surface area (Å²) in [5, 5.41) is 4.27. The lowest BCUT2D eigenvalue weighted by atomic mass is 10.0. The molecule has 0 bridgehead atoms. The zero-order chi connectivity index (χ0) is 17.9. The molecule has 0 atom stereocenters. The van der Waals surface area contributed by atoms with Gasteiger partial charge in [0, 0.05) is 42.6 Å². The molecule has 132 valence electrons. The van der Waals surface area contributed by atoms with E-state index in [1.165, 1.54) is 24.4 Å². The van der Waals surface area contributed by atoms with Gasteiger partial charge in [0.1, 0.15) is 5.75 Å². The lowest BCUT2D eigenvalue weighted by Gasteiger charge is -2.21. The van der Waals surface area contributed by atoms with Gasteiger partial charge in [0.2, 0.25) is 0 Å². The molecule has 0 N–H and O–H groups in total. The van der Waals surface area contributed by atoms with Gasteiger partial charge >= 0.3 is 6.36 Å². The second kappa shape index (κ2) is 7.19. The summed E-state index contributed by atoms with van der Waals surface area (Å²) in [6.45, 7) is 2.16. The van der Waals surface area contributed by atoms with Crippen LogP contribution in [0.25, 0.3) is 11.1 Å². The summed E-state index contributed by atoms with van der Waals surface area (Å²) in [6, 6.07) is 4.14. The van der Waals surface area contributed by atoms with Crippen LogP contribution in [0.1, 0.15) is 18.4 Å². The summed E-state index contributed by atoms with van der Waals surface area (Å²) < 4.78 is 49.1. The fourth-order valence-electron chi connectivity index (χ4n) is 2.86. The molecule has 1 aromatic carbocycles. The largest absolute Gasteiger partial charge is 0.573 e. The molecule has 3 rings (SSSR count). The monoisotopic (exact) mass is 350 g/mol. The summed E-state index contributed by atoms with van der Waals surface area (Å²) in [5.41, 5.74) is 1.27. The quantitative estimate of drug-likeness (QED) is 0.786. The normalized spacial score (nSPS) is 15.8. The average molecular weight is 350 g/mol. The van der Waals surface area contributed by atoms with Crippen molar-refractivity contribution >= 4 is 0 Å². The third-order valence-corrected chi connectivity index (χ3v) is 4.10. The Kier molecular flexibility index (Phi) is 5.00. The molecule has 0 radical (unpaired) electrons. The maximum atomic E-state index is 12.6. The highest BCUT2D eigenvalue weighted by Gasteiger charge is 2.32. The van der Waals surface area contributed by atoms with Crippen molar-refractivity contribution in [2.75, 3.05) is 13.2 Å². The Morgan fingerprint density at radius 3 is 2.76 bits per heavy atom. The molecule has 0 amide bonds. The Balaban J connectivity index is 1.86. The van der Waals surface area contributed by atoms with Gasteiger partial charge in [-0.3, -0.25) is 4.68 Å². The molecule has 4 nitrogen and oxygen atoms in total. The van der Waals surface area contributed by atoms with Crippen LogP contribution >= 0.6 is 0 Å². The average Bonchev–Trinajstić information content (AvgIpc) is 3.03. The number of halogens is 3. The molecule has 2 aromatic rings. The van der Waals surface area contributed by atoms with Crippen molar-refractivity contribution < 1.29 is 22.6 Å². The van der Waals surface area contributed by atoms with Crippen molar-refractivity contribution in [1.29, 1.82) is 0 Å². The minimum absolute atomic E-state index is 0.269. The molecule has 7 heteroatoms. The number of hydrogen-bond acceptors (Lipinski definition) is 3. The van der Waals surface area contributed by atoms with Crippen molar-refractivity contribution in [3.8, 4) is 29.2 Å². The van der Waals surface area contributed by atoms with Crippen molar-refractivity contribution in [3.05, 3.63) is 36.2 Å². The number of nitrogens with zero attached hydrogens (tertiary/aromatic N) is 2. The maximum absolute atomic E-state index is 12.6. The van der Waals surface area contributed by atoms with Crippen molar-refractivity contribution in [2.24, 2.45) is 5.92 Å². The van der Waals surface area contributed by atoms with Crippen LogP contribution in [0.4, 0.5) is 13.2 Å². The summed E-state index contributed by atoms with van der Waals surface area (Å²) in [6.07, 6.45) is 5.72. The van der Waals surface area contributed by atoms with Crippen molar-refractivity contribution in [3.63, 3.8) is 0 Å². The fourth-order valence-corrected chi connectivity index (χ4v) is 2.86. The summed E-state index contributed by atoms with van der Waals surface area (Å²) in [5.74, 6) is 2.58. The lowest BCUT2D eigenvalue weighted by Crippen LogP contribution is -2.20. The zero-order valence-electron chi connectivity index (χ0n) is 13.4. The van der Waals surface area contributed by atoms with Gasteiger partial charge in [-0.1, -0.05) is 5.92 Å². The molecule has 1 saturated heterocycles. The van der Waals surface area contributed by atoms with Gasteiger partial charge in [0.05, 0.1) is 6.20 Å². The SMILES string of the molecule is C#Cc1ccc(OC(F)(F)F)c(-c2cnn(CC3CCOCC3)c2)c1. The summed E-state index contributed by atoms with van der Waals surface area (Å²) in [4.78, 5) is 0. The Labute approximate surface area is 143 Å². The predicted octanol–water partition coefficient (Wildman–Crippen LogP) is 3.86. The number of hydrogen-bond donors (Lipinski definition) is 0. The molecule has 1 aliphatic rings. The topological polar surface area (TPSA) is 36.3 Å². The second-order valence-electron chi connectivity index (χ2n) is 5.91. The molecule has 0 spiro atoms. The highest BCUT2D eigenvalue weighted by Crippen LogP contribution is 2.34. The minimum atomic E-state index is -4.77. The molecular formula is C18H17F3N2O2. The van der Waals surface area contributed by atoms with Crippen LogP contribution in [0.3, 0.4) is 0 Å². The van der Waals surface area contributed by atoms with E-state index in [2.05, 4.69) is 15.8 Å². The zero-order valence-corrected chi connectivity index (χ0v) is 13.4. The van der Waals surface area contributed by atoms with Crippen LogP contribution in [0.15, 0.2) is 30.6 Å². The van der Waals surface area contributed by atoms with E-state index in [-0.39, 0.29) is 11.3 Å². The molecule has 1 aromatic heterocycles. The van der Waals surface area contributed by atoms with Crippen LogP contribution < -0.4 is 4.74 Å². The van der Waals surface area contributed by atoms with E-state index in [4.69, 9.17) is 11.2 Å². The molecule has 1 aliphatic heterocycles. The first-order valence-electron chi connectivity index (χ1n) is 7.91. The Bertz CT molecular complexity index is 771. The van der Waals surface area contributed by atoms with Gasteiger partial charge < -0.3 is 9.47 Å². The molecule has 1 fully saturated rings. The van der Waals surface area contributed by atoms with Crippen LogP contribution in [-0.4, -0.2) is 29.4 Å². The molecule has 2 heterocycles. The van der Waals surface area contributed by atoms with E-state index in [0.29, 0.717) is 23.6 Å². The Morgan fingerprint density at radius 2 is 2.08 bits per heavy atom. The molecular weight excluding hydrogens is 333 g/mol. The fraction of sp³-hybridized carbons (Fsp3) is 0.389. The van der Waals surface area contributed by atoms with Crippen LogP contribution in [0.2, 0.25) is 0 Å². The van der Waals surface area contributed by atoms with Gasteiger partial charge in [0.25, 0.3) is 0 Å². The van der Waals surface area contributed by atoms with Crippen LogP contribution in [0, 0.1) is 18.3 Å². The number of benzene rings is 1. The third kappa shape index (κ3) is 4.54. The molecule has 0 aliphatic carbocycles. The van der Waals surface area contributed by atoms with E-state index < -0.39 is 6.36 Å². The van der Waals surface area contributed by atoms with Gasteiger partial charge in [-0.05, 0) is 37.0 Å². The molecule has 0 saturated carbocycles. The number of alkyl halides is 3. The molecule has 25 heavy (non-hydrogen) atoms. The predicted molar refractivity (Wildman–Crippen MR) is 85.8 cm³/mol. The highest BCUT2D eigenvalue weighted by atomic mass is 19.4. The van der Waals surface area contributed by atoms with Gasteiger partial charge in [0.15, 0.2) is 0 Å². The smallest absolute Gasteiger partial charge is 0.405 e. The second-order valence-corrected chi connectivity index (χ2v) is 5.91. The van der Waals surface area contributed by atoms with E-state index >= 15 is 0 Å². The van der Waals surface area contributed by atoms with E-state index in [0.717, 1.165) is 26.1 Å². The summed E-state index contributed by atoms with van der Waals surface area (Å²) in [7, 11) is 0. The Morgan fingerprint density at radius 1 is 1.32 bits per heavy atom. The van der Waals surface area contributed by atoms with Crippen molar-refractivity contribution in [2.45, 2.75) is 25.7 Å². The van der Waals surface area contributed by atoms with E-state index in [1.807, 2.05) is 0 Å². The number of rotatable bonds is 4. The van der Waals surface area contributed by atoms with Gasteiger partial charge in [-0.2, -0.15) is 5.10 Å². The highest BCUT2D eigenvalue weighted by molar-refractivity contribution is 5.71. The Hall–Kier alpha value is -2.46. The lowest BCUT2D eigenvalue weighted by molar-refractivity contribution is -0.274. The van der Waals surface area contributed by atoms with E-state index in [9.17, 15) is 13.2 Å². The van der Waals surface area contributed by atoms with E-state index in [1.54, 1.807) is 10.9 Å². The number of ether oxygens (including phenoxy) is 2.